The Morgan fingerprint density at radius 3 is 2.55 bits per heavy atom. The van der Waals surface area contributed by atoms with Gasteiger partial charge in [-0.3, -0.25) is 14.5 Å². The standard InChI is InChI=1S/C11H9ClN4O6/c1-3-22-11(17)8-10(16(20)21)13-9-7(15(18)19)5(2)6(12)4-14(8)9/h4H,3H2,1-2H3. The highest BCUT2D eigenvalue weighted by Crippen LogP contribution is 2.33. The topological polar surface area (TPSA) is 130 Å². The van der Waals surface area contributed by atoms with Crippen molar-refractivity contribution in [3.63, 3.8) is 0 Å². The largest absolute Gasteiger partial charge is 0.461 e. The number of halogens is 1. The molecule has 0 N–H and O–H groups in total. The van der Waals surface area contributed by atoms with E-state index in [1.165, 1.54) is 13.8 Å². The first-order chi connectivity index (χ1) is 10.3. The number of aromatic nitrogens is 2. The van der Waals surface area contributed by atoms with Crippen molar-refractivity contribution in [3.8, 4) is 0 Å². The maximum atomic E-state index is 11.9. The van der Waals surface area contributed by atoms with Crippen LogP contribution in [-0.4, -0.2) is 31.8 Å². The Morgan fingerprint density at radius 1 is 1.41 bits per heavy atom. The summed E-state index contributed by atoms with van der Waals surface area (Å²) in [5.41, 5.74) is -1.28. The fraction of sp³-hybridized carbons (Fsp3) is 0.273. The van der Waals surface area contributed by atoms with Gasteiger partial charge in [0.15, 0.2) is 0 Å². The second-order valence-corrected chi connectivity index (χ2v) is 4.57. The third-order valence-corrected chi connectivity index (χ3v) is 3.27. The molecule has 11 heteroatoms. The Balaban J connectivity index is 2.94. The molecular formula is C11H9ClN4O6. The van der Waals surface area contributed by atoms with Gasteiger partial charge in [-0.15, -0.1) is 0 Å². The molecule has 0 unspecified atom stereocenters. The van der Waals surface area contributed by atoms with Crippen LogP contribution in [0, 0.1) is 27.2 Å². The molecule has 0 aliphatic heterocycles. The van der Waals surface area contributed by atoms with E-state index in [0.29, 0.717) is 0 Å². The van der Waals surface area contributed by atoms with Gasteiger partial charge in [0.25, 0.3) is 0 Å². The van der Waals surface area contributed by atoms with Gasteiger partial charge < -0.3 is 14.9 Å². The average molecular weight is 329 g/mol. The lowest BCUT2D eigenvalue weighted by Crippen LogP contribution is -2.11. The van der Waals surface area contributed by atoms with Crippen molar-refractivity contribution >= 4 is 34.7 Å². The van der Waals surface area contributed by atoms with Crippen molar-refractivity contribution in [2.75, 3.05) is 6.61 Å². The number of ether oxygens (including phenoxy) is 1. The molecule has 116 valence electrons. The Morgan fingerprint density at radius 2 is 2.05 bits per heavy atom. The minimum Gasteiger partial charge on any atom is -0.461 e. The summed E-state index contributed by atoms with van der Waals surface area (Å²) in [5, 5.41) is 22.2. The van der Waals surface area contributed by atoms with Gasteiger partial charge in [0.05, 0.1) is 22.1 Å². The van der Waals surface area contributed by atoms with Crippen LogP contribution in [0.1, 0.15) is 23.0 Å². The van der Waals surface area contributed by atoms with Gasteiger partial charge in [-0.2, -0.15) is 0 Å². The molecule has 0 saturated heterocycles. The molecule has 0 atom stereocenters. The molecular weight excluding hydrogens is 320 g/mol. The van der Waals surface area contributed by atoms with Crippen LogP contribution in [0.4, 0.5) is 11.5 Å². The Labute approximate surface area is 127 Å². The number of nitrogens with zero attached hydrogens (tertiary/aromatic N) is 4. The smallest absolute Gasteiger partial charge is 0.398 e. The molecule has 2 aromatic rings. The van der Waals surface area contributed by atoms with Crippen LogP contribution in [0.25, 0.3) is 5.65 Å². The first-order valence-corrected chi connectivity index (χ1v) is 6.34. The van der Waals surface area contributed by atoms with Gasteiger partial charge in [-0.1, -0.05) is 11.6 Å². The summed E-state index contributed by atoms with van der Waals surface area (Å²) in [6.07, 6.45) is 1.16. The number of hydrogen-bond acceptors (Lipinski definition) is 7. The molecule has 2 rings (SSSR count). The normalized spacial score (nSPS) is 10.7. The summed E-state index contributed by atoms with van der Waals surface area (Å²) in [7, 11) is 0. The summed E-state index contributed by atoms with van der Waals surface area (Å²) in [4.78, 5) is 36.1. The molecule has 2 aromatic heterocycles. The molecule has 0 aliphatic rings. The van der Waals surface area contributed by atoms with E-state index in [0.717, 1.165) is 10.6 Å². The molecule has 22 heavy (non-hydrogen) atoms. The molecule has 0 saturated carbocycles. The van der Waals surface area contributed by atoms with Gasteiger partial charge in [0, 0.05) is 6.20 Å². The van der Waals surface area contributed by atoms with Crippen LogP contribution >= 0.6 is 11.6 Å². The number of pyridine rings is 1. The Kier molecular flexibility index (Phi) is 3.95. The number of carbonyl (C=O) groups is 1. The van der Waals surface area contributed by atoms with E-state index in [-0.39, 0.29) is 22.8 Å². The maximum absolute atomic E-state index is 11.9. The third kappa shape index (κ3) is 2.33. The van der Waals surface area contributed by atoms with E-state index < -0.39 is 33.0 Å². The molecule has 0 radical (unpaired) electrons. The summed E-state index contributed by atoms with van der Waals surface area (Å²) in [6.45, 7) is 2.88. The lowest BCUT2D eigenvalue weighted by atomic mass is 10.2. The summed E-state index contributed by atoms with van der Waals surface area (Å²) < 4.78 is 5.64. The highest BCUT2D eigenvalue weighted by molar-refractivity contribution is 6.31. The lowest BCUT2D eigenvalue weighted by Gasteiger charge is -2.03. The van der Waals surface area contributed by atoms with Crippen LogP contribution in [0.3, 0.4) is 0 Å². The highest BCUT2D eigenvalue weighted by Gasteiger charge is 2.36. The number of nitro groups is 2. The van der Waals surface area contributed by atoms with Crippen LogP contribution in [0.15, 0.2) is 6.20 Å². The van der Waals surface area contributed by atoms with E-state index in [1.54, 1.807) is 0 Å². The van der Waals surface area contributed by atoms with Crippen LogP contribution in [0.5, 0.6) is 0 Å². The fourth-order valence-corrected chi connectivity index (χ4v) is 2.13. The first kappa shape index (κ1) is 15.6. The first-order valence-electron chi connectivity index (χ1n) is 5.96. The van der Waals surface area contributed by atoms with E-state index in [2.05, 4.69) is 4.98 Å². The molecule has 0 spiro atoms. The van der Waals surface area contributed by atoms with Crippen molar-refractivity contribution in [2.24, 2.45) is 0 Å². The van der Waals surface area contributed by atoms with Crippen molar-refractivity contribution in [3.05, 3.63) is 42.7 Å². The van der Waals surface area contributed by atoms with Crippen LogP contribution < -0.4 is 0 Å². The number of carbonyl (C=O) groups excluding carboxylic acids is 1. The number of fused-ring (bicyclic) bond motifs is 1. The maximum Gasteiger partial charge on any atom is 0.398 e. The van der Waals surface area contributed by atoms with Gasteiger partial charge in [-0.05, 0) is 23.8 Å². The van der Waals surface area contributed by atoms with Crippen molar-refractivity contribution in [1.29, 1.82) is 0 Å². The fourth-order valence-electron chi connectivity index (χ4n) is 1.94. The van der Waals surface area contributed by atoms with Gasteiger partial charge in [-0.25, -0.2) is 4.79 Å². The molecule has 10 nitrogen and oxygen atoms in total. The lowest BCUT2D eigenvalue weighted by molar-refractivity contribution is -0.390. The Bertz CT molecular complexity index is 815. The van der Waals surface area contributed by atoms with E-state index >= 15 is 0 Å². The van der Waals surface area contributed by atoms with Crippen molar-refractivity contribution in [2.45, 2.75) is 13.8 Å². The number of imidazole rings is 1. The molecule has 0 bridgehead atoms. The molecule has 0 aliphatic carbocycles. The van der Waals surface area contributed by atoms with E-state index in [9.17, 15) is 25.0 Å². The molecule has 0 fully saturated rings. The molecule has 2 heterocycles. The quantitative estimate of drug-likeness (QED) is 0.478. The number of esters is 1. The molecule has 0 aromatic carbocycles. The van der Waals surface area contributed by atoms with Crippen LogP contribution in [0.2, 0.25) is 5.02 Å². The zero-order valence-corrected chi connectivity index (χ0v) is 12.2. The van der Waals surface area contributed by atoms with Crippen molar-refractivity contribution in [1.82, 2.24) is 9.38 Å². The minimum absolute atomic E-state index is 0.0229. The second kappa shape index (κ2) is 5.56. The van der Waals surface area contributed by atoms with Crippen LogP contribution in [-0.2, 0) is 4.74 Å². The minimum atomic E-state index is -1.02. The predicted molar refractivity (Wildman–Crippen MR) is 74.2 cm³/mol. The monoisotopic (exact) mass is 328 g/mol. The summed E-state index contributed by atoms with van der Waals surface area (Å²) >= 11 is 5.90. The summed E-state index contributed by atoms with van der Waals surface area (Å²) in [6, 6.07) is 0. The van der Waals surface area contributed by atoms with Crippen molar-refractivity contribution < 1.29 is 19.4 Å². The zero-order valence-electron chi connectivity index (χ0n) is 11.4. The van der Waals surface area contributed by atoms with Gasteiger partial charge in [0.1, 0.15) is 0 Å². The zero-order chi connectivity index (χ0) is 16.6. The molecule has 0 amide bonds. The van der Waals surface area contributed by atoms with Gasteiger partial charge >= 0.3 is 23.1 Å². The average Bonchev–Trinajstić information content (AvgIpc) is 2.78. The van der Waals surface area contributed by atoms with Gasteiger partial charge in [0.2, 0.25) is 5.69 Å². The highest BCUT2D eigenvalue weighted by atomic mass is 35.5. The number of rotatable bonds is 4. The Hall–Kier alpha value is -2.75. The number of hydrogen-bond donors (Lipinski definition) is 0. The SMILES string of the molecule is CCOC(=O)c1c([N+](=O)[O-])nc2c([N+](=O)[O-])c(C)c(Cl)cn12. The predicted octanol–water partition coefficient (Wildman–Crippen LogP) is 2.29. The van der Waals surface area contributed by atoms with E-state index in [1.807, 2.05) is 0 Å². The van der Waals surface area contributed by atoms with E-state index in [4.69, 9.17) is 16.3 Å². The third-order valence-electron chi connectivity index (χ3n) is 2.88. The summed E-state index contributed by atoms with van der Waals surface area (Å²) in [5.74, 6) is -1.85. The second-order valence-electron chi connectivity index (χ2n) is 4.16.